The lowest BCUT2D eigenvalue weighted by Gasteiger charge is -2.32. The van der Waals surface area contributed by atoms with Crippen molar-refractivity contribution in [1.29, 1.82) is 0 Å². The topological polar surface area (TPSA) is 76.5 Å². The Labute approximate surface area is 187 Å². The Morgan fingerprint density at radius 2 is 1.91 bits per heavy atom. The van der Waals surface area contributed by atoms with Crippen molar-refractivity contribution >= 4 is 28.2 Å². The number of hydrogen-bond acceptors (Lipinski definition) is 5. The zero-order valence-corrected chi connectivity index (χ0v) is 18.3. The van der Waals surface area contributed by atoms with E-state index in [0.29, 0.717) is 23.2 Å². The average Bonchev–Trinajstić information content (AvgIpc) is 3.28. The Bertz CT molecular complexity index is 1190. The predicted octanol–water partition coefficient (Wildman–Crippen LogP) is 3.60. The zero-order chi connectivity index (χ0) is 22.1. The third-order valence-corrected chi connectivity index (χ3v) is 6.46. The molecule has 1 amide bonds. The van der Waals surface area contributed by atoms with Crippen molar-refractivity contribution in [3.8, 4) is 5.75 Å². The molecule has 1 N–H and O–H groups in total. The maximum Gasteiger partial charge on any atom is 0.262 e. The fourth-order valence-corrected chi connectivity index (χ4v) is 4.52. The van der Waals surface area contributed by atoms with Crippen molar-refractivity contribution in [2.45, 2.75) is 39.2 Å². The Balaban J connectivity index is 1.20. The highest BCUT2D eigenvalue weighted by Gasteiger charge is 2.17. The lowest BCUT2D eigenvalue weighted by molar-refractivity contribution is -0.118. The van der Waals surface area contributed by atoms with Crippen LogP contribution in [0.2, 0.25) is 0 Å². The quantitative estimate of drug-likeness (QED) is 0.667. The summed E-state index contributed by atoms with van der Waals surface area (Å²) in [7, 11) is 0. The van der Waals surface area contributed by atoms with E-state index in [-0.39, 0.29) is 18.1 Å². The van der Waals surface area contributed by atoms with Gasteiger partial charge in [0, 0.05) is 37.4 Å². The minimum absolute atomic E-state index is 0.0411. The predicted molar refractivity (Wildman–Crippen MR) is 126 cm³/mol. The summed E-state index contributed by atoms with van der Waals surface area (Å²) in [6, 6.07) is 13.2. The third kappa shape index (κ3) is 4.20. The number of anilines is 2. The number of rotatable bonds is 5. The molecular weight excluding hydrogens is 404 g/mol. The molecule has 0 aliphatic carbocycles. The highest BCUT2D eigenvalue weighted by atomic mass is 16.5. The molecular formula is C25H28N4O3. The molecule has 1 aromatic heterocycles. The van der Waals surface area contributed by atoms with E-state index < -0.39 is 0 Å². The molecule has 1 saturated heterocycles. The van der Waals surface area contributed by atoms with Crippen molar-refractivity contribution in [2.24, 2.45) is 5.92 Å². The van der Waals surface area contributed by atoms with Crippen LogP contribution < -0.4 is 20.5 Å². The number of ether oxygens (including phenoxy) is 1. The largest absolute Gasteiger partial charge is 0.484 e. The number of carbonyl (C=O) groups excluding carboxylic acids is 1. The Kier molecular flexibility index (Phi) is 5.55. The SMILES string of the molecule is CC1CCN(c2ccc(NC(=O)COc3ccc4nc5n(c(=O)c4c3)CCC5)cc2)CC1. The molecule has 0 atom stereocenters. The number of carbonyl (C=O) groups is 1. The summed E-state index contributed by atoms with van der Waals surface area (Å²) in [5.74, 6) is 1.88. The molecule has 0 spiro atoms. The van der Waals surface area contributed by atoms with E-state index in [1.807, 2.05) is 12.1 Å². The maximum atomic E-state index is 12.7. The number of aromatic nitrogens is 2. The van der Waals surface area contributed by atoms with Crippen LogP contribution in [0.1, 0.15) is 32.0 Å². The Morgan fingerprint density at radius 1 is 1.12 bits per heavy atom. The maximum absolute atomic E-state index is 12.7. The number of benzene rings is 2. The minimum atomic E-state index is -0.242. The van der Waals surface area contributed by atoms with Gasteiger partial charge in [-0.1, -0.05) is 6.92 Å². The van der Waals surface area contributed by atoms with Crippen LogP contribution in [0.25, 0.3) is 10.9 Å². The van der Waals surface area contributed by atoms with Gasteiger partial charge in [-0.3, -0.25) is 14.2 Å². The molecule has 7 heteroatoms. The third-order valence-electron chi connectivity index (χ3n) is 6.46. The van der Waals surface area contributed by atoms with Gasteiger partial charge in [-0.05, 0) is 67.6 Å². The average molecular weight is 433 g/mol. The molecule has 2 aromatic carbocycles. The van der Waals surface area contributed by atoms with Gasteiger partial charge < -0.3 is 15.0 Å². The molecule has 3 heterocycles. The monoisotopic (exact) mass is 432 g/mol. The van der Waals surface area contributed by atoms with E-state index in [2.05, 4.69) is 34.3 Å². The first-order valence-electron chi connectivity index (χ1n) is 11.4. The van der Waals surface area contributed by atoms with Gasteiger partial charge in [0.1, 0.15) is 11.6 Å². The summed E-state index contributed by atoms with van der Waals surface area (Å²) in [6.45, 7) is 5.04. The summed E-state index contributed by atoms with van der Waals surface area (Å²) in [5, 5.41) is 3.40. The van der Waals surface area contributed by atoms with E-state index in [4.69, 9.17) is 4.74 Å². The van der Waals surface area contributed by atoms with Gasteiger partial charge in [0.05, 0.1) is 10.9 Å². The smallest absolute Gasteiger partial charge is 0.262 e. The number of hydrogen-bond donors (Lipinski definition) is 1. The number of nitrogens with zero attached hydrogens (tertiary/aromatic N) is 3. The van der Waals surface area contributed by atoms with E-state index in [0.717, 1.165) is 43.4 Å². The van der Waals surface area contributed by atoms with Crippen LogP contribution in [0.5, 0.6) is 5.75 Å². The summed E-state index contributed by atoms with van der Waals surface area (Å²) >= 11 is 0. The minimum Gasteiger partial charge on any atom is -0.484 e. The molecule has 0 bridgehead atoms. The van der Waals surface area contributed by atoms with Gasteiger partial charge in [0.25, 0.3) is 11.5 Å². The first-order valence-corrected chi connectivity index (χ1v) is 11.4. The van der Waals surface area contributed by atoms with Gasteiger partial charge >= 0.3 is 0 Å². The first kappa shape index (κ1) is 20.5. The second-order valence-electron chi connectivity index (χ2n) is 8.82. The van der Waals surface area contributed by atoms with Crippen molar-refractivity contribution < 1.29 is 9.53 Å². The molecule has 32 heavy (non-hydrogen) atoms. The summed E-state index contributed by atoms with van der Waals surface area (Å²) in [6.07, 6.45) is 4.22. The molecule has 5 rings (SSSR count). The van der Waals surface area contributed by atoms with Gasteiger partial charge in [-0.15, -0.1) is 0 Å². The standard InChI is InChI=1S/C25H28N4O3/c1-17-10-13-28(14-11-17)19-6-4-18(5-7-19)26-24(30)16-32-20-8-9-22-21(15-20)25(31)29-12-2-3-23(29)27-22/h4-9,15,17H,2-3,10-14,16H2,1H3,(H,26,30). The fraction of sp³-hybridized carbons (Fsp3) is 0.400. The van der Waals surface area contributed by atoms with Crippen molar-refractivity contribution in [1.82, 2.24) is 9.55 Å². The van der Waals surface area contributed by atoms with Crippen LogP contribution in [0.4, 0.5) is 11.4 Å². The van der Waals surface area contributed by atoms with Gasteiger partial charge in [-0.2, -0.15) is 0 Å². The van der Waals surface area contributed by atoms with E-state index in [9.17, 15) is 9.59 Å². The Hall–Kier alpha value is -3.35. The van der Waals surface area contributed by atoms with Crippen LogP contribution in [0, 0.1) is 5.92 Å². The van der Waals surface area contributed by atoms with E-state index in [1.165, 1.54) is 18.5 Å². The van der Waals surface area contributed by atoms with Gasteiger partial charge in [0.2, 0.25) is 0 Å². The van der Waals surface area contributed by atoms with E-state index in [1.54, 1.807) is 22.8 Å². The van der Waals surface area contributed by atoms with Crippen molar-refractivity contribution in [2.75, 3.05) is 29.9 Å². The lowest BCUT2D eigenvalue weighted by atomic mass is 9.99. The van der Waals surface area contributed by atoms with Gasteiger partial charge in [0.15, 0.2) is 6.61 Å². The molecule has 0 radical (unpaired) electrons. The fourth-order valence-electron chi connectivity index (χ4n) is 4.52. The molecule has 3 aromatic rings. The van der Waals surface area contributed by atoms with Crippen molar-refractivity contribution in [3.05, 3.63) is 58.6 Å². The molecule has 166 valence electrons. The number of fused-ring (bicyclic) bond motifs is 2. The van der Waals surface area contributed by atoms with Crippen LogP contribution in [0.15, 0.2) is 47.3 Å². The number of piperidine rings is 1. The summed E-state index contributed by atoms with van der Waals surface area (Å²) in [5.41, 5.74) is 2.56. The zero-order valence-electron chi connectivity index (χ0n) is 18.3. The van der Waals surface area contributed by atoms with Crippen LogP contribution in [-0.2, 0) is 17.8 Å². The van der Waals surface area contributed by atoms with Crippen LogP contribution in [0.3, 0.4) is 0 Å². The summed E-state index contributed by atoms with van der Waals surface area (Å²) in [4.78, 5) is 32.0. The second kappa shape index (κ2) is 8.65. The van der Waals surface area contributed by atoms with E-state index >= 15 is 0 Å². The molecule has 7 nitrogen and oxygen atoms in total. The highest BCUT2D eigenvalue weighted by Crippen LogP contribution is 2.24. The molecule has 2 aliphatic heterocycles. The van der Waals surface area contributed by atoms with Gasteiger partial charge in [-0.25, -0.2) is 4.98 Å². The Morgan fingerprint density at radius 3 is 2.69 bits per heavy atom. The van der Waals surface area contributed by atoms with Crippen molar-refractivity contribution in [3.63, 3.8) is 0 Å². The number of aryl methyl sites for hydroxylation is 1. The second-order valence-corrected chi connectivity index (χ2v) is 8.82. The molecule has 2 aliphatic rings. The lowest BCUT2D eigenvalue weighted by Crippen LogP contribution is -2.32. The normalized spacial score (nSPS) is 16.2. The number of amides is 1. The first-order chi connectivity index (χ1) is 15.6. The molecule has 1 fully saturated rings. The van der Waals surface area contributed by atoms with Crippen LogP contribution in [-0.4, -0.2) is 35.2 Å². The number of nitrogens with one attached hydrogen (secondary N) is 1. The highest BCUT2D eigenvalue weighted by molar-refractivity contribution is 5.92. The molecule has 0 unspecified atom stereocenters. The van der Waals surface area contributed by atoms with Crippen LogP contribution >= 0.6 is 0 Å². The molecule has 0 saturated carbocycles. The summed E-state index contributed by atoms with van der Waals surface area (Å²) < 4.78 is 7.38.